The van der Waals surface area contributed by atoms with Crippen LogP contribution in [0.4, 0.5) is 4.39 Å². The van der Waals surface area contributed by atoms with E-state index in [0.29, 0.717) is 26.9 Å². The van der Waals surface area contributed by atoms with E-state index in [1.807, 2.05) is 54.4 Å². The summed E-state index contributed by atoms with van der Waals surface area (Å²) >= 11 is 12.7. The highest BCUT2D eigenvalue weighted by Gasteiger charge is 2.40. The van der Waals surface area contributed by atoms with Crippen LogP contribution in [0, 0.1) is 5.95 Å². The van der Waals surface area contributed by atoms with Crippen molar-refractivity contribution in [2.24, 2.45) is 0 Å². The van der Waals surface area contributed by atoms with Crippen LogP contribution >= 0.6 is 23.2 Å². The number of likely N-dealkylation sites (N-methyl/N-ethyl adjacent to an activating group) is 1. The van der Waals surface area contributed by atoms with Crippen LogP contribution in [0.2, 0.25) is 10.0 Å². The first kappa shape index (κ1) is 26.0. The summed E-state index contributed by atoms with van der Waals surface area (Å²) < 4.78 is 19.6. The van der Waals surface area contributed by atoms with Crippen molar-refractivity contribution in [3.05, 3.63) is 93.0 Å². The molecule has 3 aromatic rings. The number of fused-ring (bicyclic) bond motifs is 1. The lowest BCUT2D eigenvalue weighted by Gasteiger charge is -2.35. The monoisotopic (exact) mass is 541 g/mol. The Labute approximate surface area is 227 Å². The van der Waals surface area contributed by atoms with Crippen LogP contribution < -0.4 is 4.74 Å². The fourth-order valence-electron chi connectivity index (χ4n) is 5.86. The van der Waals surface area contributed by atoms with Crippen molar-refractivity contribution in [3.8, 4) is 5.75 Å². The number of likely N-dealkylation sites (tertiary alicyclic amines) is 1. The van der Waals surface area contributed by atoms with Crippen molar-refractivity contribution in [2.45, 2.75) is 37.1 Å². The van der Waals surface area contributed by atoms with Crippen molar-refractivity contribution in [3.63, 3.8) is 0 Å². The first-order valence-electron chi connectivity index (χ1n) is 12.6. The SMILES string of the molecule is COc1ccc2c(c1)C(=O)N(C)C2C(CCN1CCC(c2cccnc2F)CC1)c1ccc(Cl)c(Cl)c1. The molecule has 2 aromatic carbocycles. The molecule has 1 fully saturated rings. The van der Waals surface area contributed by atoms with E-state index in [2.05, 4.69) is 9.88 Å². The second-order valence-electron chi connectivity index (χ2n) is 9.88. The molecule has 194 valence electrons. The fourth-order valence-corrected chi connectivity index (χ4v) is 6.17. The number of nitrogens with zero attached hydrogens (tertiary/aromatic N) is 3. The summed E-state index contributed by atoms with van der Waals surface area (Å²) in [5.74, 6) is 0.511. The maximum absolute atomic E-state index is 14.2. The zero-order valence-electron chi connectivity index (χ0n) is 21.0. The summed E-state index contributed by atoms with van der Waals surface area (Å²) in [4.78, 5) is 21.3. The number of amides is 1. The fraction of sp³-hybridized carbons (Fsp3) is 0.379. The highest BCUT2D eigenvalue weighted by Crippen LogP contribution is 2.46. The van der Waals surface area contributed by atoms with Gasteiger partial charge in [-0.2, -0.15) is 4.39 Å². The number of hydrogen-bond donors (Lipinski definition) is 0. The molecule has 0 N–H and O–H groups in total. The molecule has 1 aromatic heterocycles. The van der Waals surface area contributed by atoms with Gasteiger partial charge in [0.05, 0.1) is 23.2 Å². The molecular formula is C29H30Cl2FN3O2. The molecule has 1 amide bonds. The summed E-state index contributed by atoms with van der Waals surface area (Å²) in [7, 11) is 3.46. The normalized spacial score (nSPS) is 19.2. The van der Waals surface area contributed by atoms with Crippen molar-refractivity contribution < 1.29 is 13.9 Å². The Kier molecular flexibility index (Phi) is 7.70. The Morgan fingerprint density at radius 2 is 1.86 bits per heavy atom. The van der Waals surface area contributed by atoms with Gasteiger partial charge in [0.2, 0.25) is 5.95 Å². The van der Waals surface area contributed by atoms with E-state index in [0.717, 1.165) is 50.0 Å². The van der Waals surface area contributed by atoms with E-state index in [4.69, 9.17) is 27.9 Å². The molecule has 2 aliphatic rings. The van der Waals surface area contributed by atoms with Gasteiger partial charge in [-0.25, -0.2) is 4.98 Å². The topological polar surface area (TPSA) is 45.7 Å². The molecule has 5 nitrogen and oxygen atoms in total. The summed E-state index contributed by atoms with van der Waals surface area (Å²) in [5, 5.41) is 1.01. The minimum Gasteiger partial charge on any atom is -0.497 e. The molecule has 3 heterocycles. The van der Waals surface area contributed by atoms with Crippen molar-refractivity contribution in [1.82, 2.24) is 14.8 Å². The molecular weight excluding hydrogens is 512 g/mol. The van der Waals surface area contributed by atoms with Crippen LogP contribution in [0.5, 0.6) is 5.75 Å². The number of aromatic nitrogens is 1. The Balaban J connectivity index is 1.37. The lowest BCUT2D eigenvalue weighted by Crippen LogP contribution is -2.36. The summed E-state index contributed by atoms with van der Waals surface area (Å²) in [6, 6.07) is 15.0. The van der Waals surface area contributed by atoms with Crippen LogP contribution in [-0.2, 0) is 0 Å². The number of piperidine rings is 1. The molecule has 2 aliphatic heterocycles. The molecule has 1 saturated heterocycles. The Bertz CT molecular complexity index is 1300. The zero-order chi connectivity index (χ0) is 26.1. The predicted molar refractivity (Wildman–Crippen MR) is 144 cm³/mol. The molecule has 0 bridgehead atoms. The number of methoxy groups -OCH3 is 1. The predicted octanol–water partition coefficient (Wildman–Crippen LogP) is 6.72. The van der Waals surface area contributed by atoms with E-state index >= 15 is 0 Å². The maximum atomic E-state index is 14.2. The first-order valence-corrected chi connectivity index (χ1v) is 13.4. The molecule has 5 rings (SSSR count). The number of rotatable bonds is 7. The molecule has 2 unspecified atom stereocenters. The minimum absolute atomic E-state index is 0.0109. The maximum Gasteiger partial charge on any atom is 0.254 e. The number of pyridine rings is 1. The molecule has 2 atom stereocenters. The van der Waals surface area contributed by atoms with Gasteiger partial charge in [-0.15, -0.1) is 0 Å². The molecule has 0 radical (unpaired) electrons. The quantitative estimate of drug-likeness (QED) is 0.311. The number of halogens is 3. The molecule has 0 spiro atoms. The van der Waals surface area contributed by atoms with Gasteiger partial charge in [0, 0.05) is 30.3 Å². The number of hydrogen-bond acceptors (Lipinski definition) is 4. The highest BCUT2D eigenvalue weighted by molar-refractivity contribution is 6.42. The molecule has 0 aliphatic carbocycles. The third-order valence-corrected chi connectivity index (χ3v) is 8.61. The molecule has 8 heteroatoms. The van der Waals surface area contributed by atoms with Crippen molar-refractivity contribution in [1.29, 1.82) is 0 Å². The average Bonchev–Trinajstić information content (AvgIpc) is 3.16. The van der Waals surface area contributed by atoms with E-state index < -0.39 is 0 Å². The molecule has 37 heavy (non-hydrogen) atoms. The summed E-state index contributed by atoms with van der Waals surface area (Å²) in [6.45, 7) is 2.64. The van der Waals surface area contributed by atoms with Gasteiger partial charge in [-0.1, -0.05) is 41.4 Å². The van der Waals surface area contributed by atoms with Gasteiger partial charge in [0.1, 0.15) is 5.75 Å². The lowest BCUT2D eigenvalue weighted by molar-refractivity contribution is 0.0746. The van der Waals surface area contributed by atoms with E-state index in [1.54, 1.807) is 13.2 Å². The summed E-state index contributed by atoms with van der Waals surface area (Å²) in [5.41, 5.74) is 3.44. The zero-order valence-corrected chi connectivity index (χ0v) is 22.5. The average molecular weight is 542 g/mol. The number of carbonyl (C=O) groups is 1. The highest BCUT2D eigenvalue weighted by atomic mass is 35.5. The van der Waals surface area contributed by atoms with Gasteiger partial charge in [0.15, 0.2) is 0 Å². The van der Waals surface area contributed by atoms with E-state index in [9.17, 15) is 9.18 Å². The second kappa shape index (κ2) is 11.0. The van der Waals surface area contributed by atoms with Crippen LogP contribution in [0.3, 0.4) is 0 Å². The van der Waals surface area contributed by atoms with Gasteiger partial charge in [-0.05, 0) is 86.3 Å². The Morgan fingerprint density at radius 3 is 2.57 bits per heavy atom. The van der Waals surface area contributed by atoms with Gasteiger partial charge in [0.25, 0.3) is 5.91 Å². The number of ether oxygens (including phenoxy) is 1. The third kappa shape index (κ3) is 5.20. The smallest absolute Gasteiger partial charge is 0.254 e. The standard InChI is InChI=1S/C29H30Cl2FN3O2/c1-34-27(23-7-6-20(37-2)17-24(23)29(34)36)21(19-5-8-25(30)26(31)16-19)11-15-35-13-9-18(10-14-35)22-4-3-12-33-28(22)32/h3-8,12,16-18,21,27H,9-11,13-15H2,1-2H3. The van der Waals surface area contributed by atoms with Crippen LogP contribution in [-0.4, -0.2) is 54.5 Å². The Hall–Kier alpha value is -2.67. The van der Waals surface area contributed by atoms with E-state index in [1.165, 1.54) is 6.20 Å². The lowest BCUT2D eigenvalue weighted by atomic mass is 9.84. The largest absolute Gasteiger partial charge is 0.497 e. The van der Waals surface area contributed by atoms with Gasteiger partial charge in [-0.3, -0.25) is 4.79 Å². The number of benzene rings is 2. The van der Waals surface area contributed by atoms with Crippen LogP contribution in [0.1, 0.15) is 64.2 Å². The van der Waals surface area contributed by atoms with Crippen molar-refractivity contribution in [2.75, 3.05) is 33.8 Å². The van der Waals surface area contributed by atoms with Crippen LogP contribution in [0.15, 0.2) is 54.7 Å². The Morgan fingerprint density at radius 1 is 1.08 bits per heavy atom. The molecule has 0 saturated carbocycles. The number of carbonyl (C=O) groups excluding carboxylic acids is 1. The van der Waals surface area contributed by atoms with Crippen molar-refractivity contribution >= 4 is 29.1 Å². The van der Waals surface area contributed by atoms with Gasteiger partial charge >= 0.3 is 0 Å². The first-order chi connectivity index (χ1) is 17.9. The van der Waals surface area contributed by atoms with Gasteiger partial charge < -0.3 is 14.5 Å². The third-order valence-electron chi connectivity index (χ3n) is 7.87. The minimum atomic E-state index is -0.357. The second-order valence-corrected chi connectivity index (χ2v) is 10.7. The van der Waals surface area contributed by atoms with Crippen LogP contribution in [0.25, 0.3) is 0 Å². The van der Waals surface area contributed by atoms with E-state index in [-0.39, 0.29) is 29.7 Å². The summed E-state index contributed by atoms with van der Waals surface area (Å²) in [6.07, 6.45) is 4.11.